The lowest BCUT2D eigenvalue weighted by molar-refractivity contribution is -0.00668. The predicted octanol–water partition coefficient (Wildman–Crippen LogP) is 1.86. The highest BCUT2D eigenvalue weighted by molar-refractivity contribution is 5.25. The highest BCUT2D eigenvalue weighted by Crippen LogP contribution is 2.35. The summed E-state index contributed by atoms with van der Waals surface area (Å²) in [5.41, 5.74) is 1.36. The standard InChI is InChI=1S/C13H19NO/c1-10(2)14-8-12(13(14)9-15)11-6-4-3-5-7-11/h3-7,10,12-13,15H,8-9H2,1-2H3/t12-,13-/m1/s1. The largest absolute Gasteiger partial charge is 0.395 e. The summed E-state index contributed by atoms with van der Waals surface area (Å²) in [6.07, 6.45) is 0. The fourth-order valence-corrected chi connectivity index (χ4v) is 2.43. The Hall–Kier alpha value is -0.860. The molecule has 2 atom stereocenters. The van der Waals surface area contributed by atoms with Gasteiger partial charge in [0.25, 0.3) is 0 Å². The van der Waals surface area contributed by atoms with Crippen LogP contribution in [0.15, 0.2) is 30.3 Å². The zero-order valence-corrected chi connectivity index (χ0v) is 9.43. The van der Waals surface area contributed by atoms with Gasteiger partial charge in [-0.25, -0.2) is 0 Å². The van der Waals surface area contributed by atoms with Crippen molar-refractivity contribution in [2.75, 3.05) is 13.2 Å². The first-order valence-corrected chi connectivity index (χ1v) is 5.65. The number of benzene rings is 1. The molecule has 1 saturated heterocycles. The Balaban J connectivity index is 2.08. The van der Waals surface area contributed by atoms with E-state index in [1.807, 2.05) is 6.07 Å². The Morgan fingerprint density at radius 3 is 2.53 bits per heavy atom. The zero-order chi connectivity index (χ0) is 10.8. The van der Waals surface area contributed by atoms with Crippen LogP contribution in [0.3, 0.4) is 0 Å². The van der Waals surface area contributed by atoms with E-state index in [-0.39, 0.29) is 6.61 Å². The fraction of sp³-hybridized carbons (Fsp3) is 0.538. The van der Waals surface area contributed by atoms with Gasteiger partial charge >= 0.3 is 0 Å². The van der Waals surface area contributed by atoms with Crippen LogP contribution in [0.5, 0.6) is 0 Å². The van der Waals surface area contributed by atoms with Crippen molar-refractivity contribution in [3.8, 4) is 0 Å². The van der Waals surface area contributed by atoms with Gasteiger partial charge in [-0.2, -0.15) is 0 Å². The van der Waals surface area contributed by atoms with Crippen LogP contribution < -0.4 is 0 Å². The Bertz CT molecular complexity index is 310. The molecule has 0 aliphatic carbocycles. The molecule has 2 heteroatoms. The number of rotatable bonds is 3. The molecule has 0 amide bonds. The maximum absolute atomic E-state index is 9.40. The van der Waals surface area contributed by atoms with Gasteiger partial charge in [0.2, 0.25) is 0 Å². The van der Waals surface area contributed by atoms with Gasteiger partial charge in [0, 0.05) is 24.5 Å². The first kappa shape index (κ1) is 10.7. The van der Waals surface area contributed by atoms with Crippen molar-refractivity contribution in [2.45, 2.75) is 31.8 Å². The summed E-state index contributed by atoms with van der Waals surface area (Å²) in [6.45, 7) is 5.71. The van der Waals surface area contributed by atoms with Crippen LogP contribution in [-0.2, 0) is 0 Å². The second kappa shape index (κ2) is 4.33. The topological polar surface area (TPSA) is 23.5 Å². The second-order valence-corrected chi connectivity index (χ2v) is 4.56. The summed E-state index contributed by atoms with van der Waals surface area (Å²) < 4.78 is 0. The van der Waals surface area contributed by atoms with Crippen LogP contribution in [0.1, 0.15) is 25.3 Å². The summed E-state index contributed by atoms with van der Waals surface area (Å²) >= 11 is 0. The average Bonchev–Trinajstić information content (AvgIpc) is 2.18. The lowest BCUT2D eigenvalue weighted by atomic mass is 9.82. The molecule has 1 aromatic rings. The smallest absolute Gasteiger partial charge is 0.0593 e. The number of likely N-dealkylation sites (tertiary alicyclic amines) is 1. The summed E-state index contributed by atoms with van der Waals surface area (Å²) in [5.74, 6) is 0.513. The molecule has 0 spiro atoms. The monoisotopic (exact) mass is 205 g/mol. The van der Waals surface area contributed by atoms with E-state index in [1.54, 1.807) is 0 Å². The molecule has 2 nitrogen and oxygen atoms in total. The van der Waals surface area contributed by atoms with E-state index in [2.05, 4.69) is 43.0 Å². The lowest BCUT2D eigenvalue weighted by Crippen LogP contribution is -2.58. The van der Waals surface area contributed by atoms with Gasteiger partial charge in [0.1, 0.15) is 0 Å². The van der Waals surface area contributed by atoms with Crippen molar-refractivity contribution in [1.29, 1.82) is 0 Å². The first-order chi connectivity index (χ1) is 7.24. The highest BCUT2D eigenvalue weighted by Gasteiger charge is 2.40. The molecule has 1 N–H and O–H groups in total. The number of aliphatic hydroxyl groups is 1. The maximum Gasteiger partial charge on any atom is 0.0593 e. The van der Waals surface area contributed by atoms with Gasteiger partial charge in [-0.05, 0) is 19.4 Å². The third kappa shape index (κ3) is 1.92. The molecule has 15 heavy (non-hydrogen) atoms. The van der Waals surface area contributed by atoms with Crippen LogP contribution in [0.2, 0.25) is 0 Å². The normalized spacial score (nSPS) is 26.7. The van der Waals surface area contributed by atoms with Crippen molar-refractivity contribution < 1.29 is 5.11 Å². The van der Waals surface area contributed by atoms with Gasteiger partial charge in [0.05, 0.1) is 6.61 Å². The van der Waals surface area contributed by atoms with Gasteiger partial charge < -0.3 is 5.11 Å². The molecule has 1 heterocycles. The average molecular weight is 205 g/mol. The van der Waals surface area contributed by atoms with Gasteiger partial charge in [-0.1, -0.05) is 30.3 Å². The summed E-state index contributed by atoms with van der Waals surface area (Å²) in [5, 5.41) is 9.40. The fourth-order valence-electron chi connectivity index (χ4n) is 2.43. The quantitative estimate of drug-likeness (QED) is 0.814. The SMILES string of the molecule is CC(C)N1C[C@H](c2ccccc2)[C@H]1CO. The molecule has 0 radical (unpaired) electrons. The number of hydrogen-bond donors (Lipinski definition) is 1. The number of aliphatic hydroxyl groups excluding tert-OH is 1. The Kier molecular flexibility index (Phi) is 3.08. The van der Waals surface area contributed by atoms with Crippen LogP contribution in [0, 0.1) is 0 Å². The van der Waals surface area contributed by atoms with Crippen LogP contribution in [-0.4, -0.2) is 35.2 Å². The molecule has 0 saturated carbocycles. The molecule has 1 aromatic carbocycles. The maximum atomic E-state index is 9.40. The minimum absolute atomic E-state index is 0.262. The van der Waals surface area contributed by atoms with Crippen molar-refractivity contribution in [3.05, 3.63) is 35.9 Å². The van der Waals surface area contributed by atoms with Crippen molar-refractivity contribution in [3.63, 3.8) is 0 Å². The lowest BCUT2D eigenvalue weighted by Gasteiger charge is -2.50. The minimum Gasteiger partial charge on any atom is -0.395 e. The van der Waals surface area contributed by atoms with E-state index >= 15 is 0 Å². The molecule has 1 aliphatic heterocycles. The Morgan fingerprint density at radius 2 is 2.00 bits per heavy atom. The van der Waals surface area contributed by atoms with E-state index in [0.29, 0.717) is 18.0 Å². The molecule has 0 bridgehead atoms. The molecular formula is C13H19NO. The van der Waals surface area contributed by atoms with E-state index in [0.717, 1.165) is 6.54 Å². The summed E-state index contributed by atoms with van der Waals surface area (Å²) in [6, 6.07) is 11.3. The predicted molar refractivity (Wildman–Crippen MR) is 61.9 cm³/mol. The van der Waals surface area contributed by atoms with Gasteiger partial charge in [0.15, 0.2) is 0 Å². The molecule has 0 unspecified atom stereocenters. The summed E-state index contributed by atoms with van der Waals surface area (Å²) in [7, 11) is 0. The minimum atomic E-state index is 0.262. The Morgan fingerprint density at radius 1 is 1.33 bits per heavy atom. The Labute approximate surface area is 91.5 Å². The van der Waals surface area contributed by atoms with Crippen LogP contribution in [0.4, 0.5) is 0 Å². The van der Waals surface area contributed by atoms with Crippen molar-refractivity contribution >= 4 is 0 Å². The number of hydrogen-bond acceptors (Lipinski definition) is 2. The van der Waals surface area contributed by atoms with Crippen molar-refractivity contribution in [2.24, 2.45) is 0 Å². The van der Waals surface area contributed by atoms with E-state index < -0.39 is 0 Å². The molecule has 1 fully saturated rings. The van der Waals surface area contributed by atoms with Gasteiger partial charge in [-0.3, -0.25) is 4.90 Å². The molecule has 0 aromatic heterocycles. The van der Waals surface area contributed by atoms with Gasteiger partial charge in [-0.15, -0.1) is 0 Å². The number of nitrogens with zero attached hydrogens (tertiary/aromatic N) is 1. The van der Waals surface area contributed by atoms with Crippen LogP contribution in [0.25, 0.3) is 0 Å². The van der Waals surface area contributed by atoms with Crippen LogP contribution >= 0.6 is 0 Å². The first-order valence-electron chi connectivity index (χ1n) is 5.65. The second-order valence-electron chi connectivity index (χ2n) is 4.56. The summed E-state index contributed by atoms with van der Waals surface area (Å²) in [4.78, 5) is 2.36. The molecular weight excluding hydrogens is 186 g/mol. The molecule has 82 valence electrons. The van der Waals surface area contributed by atoms with E-state index in [1.165, 1.54) is 5.56 Å². The molecule has 2 rings (SSSR count). The third-order valence-electron chi connectivity index (χ3n) is 3.38. The zero-order valence-electron chi connectivity index (χ0n) is 9.43. The van der Waals surface area contributed by atoms with E-state index in [4.69, 9.17) is 0 Å². The van der Waals surface area contributed by atoms with Crippen molar-refractivity contribution in [1.82, 2.24) is 4.90 Å². The molecule has 1 aliphatic rings. The van der Waals surface area contributed by atoms with E-state index in [9.17, 15) is 5.11 Å². The highest BCUT2D eigenvalue weighted by atomic mass is 16.3. The third-order valence-corrected chi connectivity index (χ3v) is 3.38.